The third kappa shape index (κ3) is 3.46. The Hall–Kier alpha value is -4.00. The van der Waals surface area contributed by atoms with Crippen molar-refractivity contribution in [2.24, 2.45) is 0 Å². The number of rotatable bonds is 4. The van der Waals surface area contributed by atoms with Crippen LogP contribution < -0.4 is 15.0 Å². The van der Waals surface area contributed by atoms with Gasteiger partial charge < -0.3 is 23.8 Å². The predicted octanol–water partition coefficient (Wildman–Crippen LogP) is 4.23. The Morgan fingerprint density at radius 1 is 1.06 bits per heavy atom. The number of aromatic nitrogens is 1. The van der Waals surface area contributed by atoms with Crippen LogP contribution in [0.3, 0.4) is 0 Å². The molecule has 0 fully saturated rings. The number of furan rings is 1. The number of benzene rings is 2. The summed E-state index contributed by atoms with van der Waals surface area (Å²) in [7, 11) is 3.16. The smallest absolute Gasteiger partial charge is 0.290 e. The van der Waals surface area contributed by atoms with Crippen LogP contribution in [0.25, 0.3) is 10.9 Å². The van der Waals surface area contributed by atoms with E-state index < -0.39 is 6.04 Å². The normalized spacial score (nSPS) is 15.4. The standard InChI is InChI=1S/C26H24N2O5/c1-15-6-4-7-17-12-19(25(29)27-23(15)17)24-18-14-22(32-3)21(31-2)13-16(18)9-10-28(24)26(30)20-8-5-11-33-20/h4-8,11-14,24H,9-10H2,1-3H3,(H,27,29)/t24-/m0/s1. The van der Waals surface area contributed by atoms with Gasteiger partial charge in [-0.15, -0.1) is 0 Å². The minimum atomic E-state index is -0.611. The number of aromatic amines is 1. The zero-order chi connectivity index (χ0) is 23.1. The first-order valence-corrected chi connectivity index (χ1v) is 10.7. The van der Waals surface area contributed by atoms with E-state index in [4.69, 9.17) is 13.9 Å². The van der Waals surface area contributed by atoms with Gasteiger partial charge in [0.25, 0.3) is 11.5 Å². The molecule has 0 bridgehead atoms. The SMILES string of the molecule is COc1cc2c(cc1OC)[C@@H](c1cc3cccc(C)c3[nH]c1=O)N(C(=O)c1ccco1)CC2. The molecule has 1 amide bonds. The number of pyridine rings is 1. The fraction of sp³-hybridized carbons (Fsp3) is 0.231. The molecule has 1 N–H and O–H groups in total. The largest absolute Gasteiger partial charge is 0.493 e. The zero-order valence-corrected chi connectivity index (χ0v) is 18.7. The maximum absolute atomic E-state index is 13.4. The van der Waals surface area contributed by atoms with Crippen LogP contribution in [0.4, 0.5) is 0 Å². The summed E-state index contributed by atoms with van der Waals surface area (Å²) in [4.78, 5) is 31.5. The average Bonchev–Trinajstić information content (AvgIpc) is 3.37. The molecule has 1 atom stereocenters. The van der Waals surface area contributed by atoms with Gasteiger partial charge in [0.1, 0.15) is 0 Å². The van der Waals surface area contributed by atoms with Crippen LogP contribution in [0.1, 0.15) is 38.9 Å². The maximum atomic E-state index is 13.4. The Kier molecular flexibility index (Phi) is 5.17. The molecule has 3 heterocycles. The van der Waals surface area contributed by atoms with Gasteiger partial charge >= 0.3 is 0 Å². The molecule has 2 aromatic heterocycles. The number of aryl methyl sites for hydroxylation is 1. The first-order chi connectivity index (χ1) is 16.0. The molecule has 168 valence electrons. The first kappa shape index (κ1) is 20.9. The molecule has 33 heavy (non-hydrogen) atoms. The lowest BCUT2D eigenvalue weighted by molar-refractivity contribution is 0.0660. The minimum absolute atomic E-state index is 0.233. The molecule has 7 nitrogen and oxygen atoms in total. The number of amides is 1. The summed E-state index contributed by atoms with van der Waals surface area (Å²) in [5, 5.41) is 0.905. The second-order valence-corrected chi connectivity index (χ2v) is 8.13. The number of para-hydroxylation sites is 1. The quantitative estimate of drug-likeness (QED) is 0.509. The number of carbonyl (C=O) groups is 1. The fourth-order valence-corrected chi connectivity index (χ4v) is 4.65. The van der Waals surface area contributed by atoms with E-state index in [0.717, 1.165) is 27.6 Å². The second-order valence-electron chi connectivity index (χ2n) is 8.13. The van der Waals surface area contributed by atoms with Crippen LogP contribution in [0.2, 0.25) is 0 Å². The summed E-state index contributed by atoms with van der Waals surface area (Å²) >= 11 is 0. The lowest BCUT2D eigenvalue weighted by atomic mass is 9.87. The van der Waals surface area contributed by atoms with E-state index in [1.165, 1.54) is 6.26 Å². The zero-order valence-electron chi connectivity index (χ0n) is 18.7. The maximum Gasteiger partial charge on any atom is 0.290 e. The van der Waals surface area contributed by atoms with E-state index >= 15 is 0 Å². The van der Waals surface area contributed by atoms with Gasteiger partial charge in [-0.3, -0.25) is 9.59 Å². The van der Waals surface area contributed by atoms with Crippen molar-refractivity contribution in [3.05, 3.63) is 93.2 Å². The topological polar surface area (TPSA) is 84.8 Å². The summed E-state index contributed by atoms with van der Waals surface area (Å²) in [6.07, 6.45) is 2.09. The highest BCUT2D eigenvalue weighted by Gasteiger charge is 2.36. The van der Waals surface area contributed by atoms with Gasteiger partial charge in [-0.25, -0.2) is 0 Å². The summed E-state index contributed by atoms with van der Waals surface area (Å²) in [6, 6.07) is 14.2. The molecule has 2 aromatic carbocycles. The summed E-state index contributed by atoms with van der Waals surface area (Å²) < 4.78 is 16.4. The molecule has 5 rings (SSSR count). The van der Waals surface area contributed by atoms with E-state index in [0.29, 0.717) is 30.0 Å². The highest BCUT2D eigenvalue weighted by Crippen LogP contribution is 2.41. The van der Waals surface area contributed by atoms with Crippen molar-refractivity contribution in [2.45, 2.75) is 19.4 Å². The number of fused-ring (bicyclic) bond motifs is 2. The number of carbonyl (C=O) groups excluding carboxylic acids is 1. The molecular formula is C26H24N2O5. The minimum Gasteiger partial charge on any atom is -0.493 e. The molecular weight excluding hydrogens is 420 g/mol. The van der Waals surface area contributed by atoms with E-state index in [1.807, 2.05) is 43.3 Å². The lowest BCUT2D eigenvalue weighted by Gasteiger charge is -2.37. The molecule has 0 unspecified atom stereocenters. The molecule has 0 saturated heterocycles. The fourth-order valence-electron chi connectivity index (χ4n) is 4.65. The van der Waals surface area contributed by atoms with Gasteiger partial charge in [-0.2, -0.15) is 0 Å². The third-order valence-corrected chi connectivity index (χ3v) is 6.28. The van der Waals surface area contributed by atoms with Crippen molar-refractivity contribution in [1.82, 2.24) is 9.88 Å². The Bertz CT molecular complexity index is 1400. The van der Waals surface area contributed by atoms with Gasteiger partial charge in [-0.1, -0.05) is 18.2 Å². The van der Waals surface area contributed by atoms with Crippen LogP contribution >= 0.6 is 0 Å². The van der Waals surface area contributed by atoms with Gasteiger partial charge in [0.2, 0.25) is 0 Å². The number of hydrogen-bond donors (Lipinski definition) is 1. The summed E-state index contributed by atoms with van der Waals surface area (Å²) in [5.74, 6) is 1.12. The van der Waals surface area contributed by atoms with Crippen LogP contribution in [0.15, 0.2) is 64.0 Å². The van der Waals surface area contributed by atoms with Crippen molar-refractivity contribution in [3.63, 3.8) is 0 Å². The van der Waals surface area contributed by atoms with Gasteiger partial charge in [-0.05, 0) is 65.8 Å². The summed E-state index contributed by atoms with van der Waals surface area (Å²) in [5.41, 5.74) is 3.86. The first-order valence-electron chi connectivity index (χ1n) is 10.7. The Morgan fingerprint density at radius 3 is 2.58 bits per heavy atom. The van der Waals surface area contributed by atoms with E-state index in [-0.39, 0.29) is 17.2 Å². The predicted molar refractivity (Wildman–Crippen MR) is 124 cm³/mol. The number of ether oxygens (including phenoxy) is 2. The van der Waals surface area contributed by atoms with Crippen LogP contribution in [0, 0.1) is 6.92 Å². The highest BCUT2D eigenvalue weighted by molar-refractivity contribution is 5.92. The number of methoxy groups -OCH3 is 2. The number of nitrogens with zero attached hydrogens (tertiary/aromatic N) is 1. The van der Waals surface area contributed by atoms with Crippen LogP contribution in [0.5, 0.6) is 11.5 Å². The highest BCUT2D eigenvalue weighted by atomic mass is 16.5. The Labute approximate surface area is 190 Å². The molecule has 0 saturated carbocycles. The number of H-pyrrole nitrogens is 1. The van der Waals surface area contributed by atoms with Crippen molar-refractivity contribution < 1.29 is 18.7 Å². The second kappa shape index (κ2) is 8.16. The summed E-state index contributed by atoms with van der Waals surface area (Å²) in [6.45, 7) is 2.38. The van der Waals surface area contributed by atoms with E-state index in [9.17, 15) is 9.59 Å². The molecule has 0 spiro atoms. The van der Waals surface area contributed by atoms with Crippen molar-refractivity contribution >= 4 is 16.8 Å². The van der Waals surface area contributed by atoms with Crippen molar-refractivity contribution in [2.75, 3.05) is 20.8 Å². The lowest BCUT2D eigenvalue weighted by Crippen LogP contribution is -2.42. The number of nitrogens with one attached hydrogen (secondary N) is 1. The van der Waals surface area contributed by atoms with Crippen LogP contribution in [-0.2, 0) is 6.42 Å². The molecule has 0 aliphatic carbocycles. The van der Waals surface area contributed by atoms with Crippen molar-refractivity contribution in [3.8, 4) is 11.5 Å². The van der Waals surface area contributed by atoms with E-state index in [2.05, 4.69) is 4.98 Å². The molecule has 4 aromatic rings. The molecule has 1 aliphatic heterocycles. The van der Waals surface area contributed by atoms with Gasteiger partial charge in [0.15, 0.2) is 17.3 Å². The monoisotopic (exact) mass is 444 g/mol. The number of hydrogen-bond acceptors (Lipinski definition) is 5. The van der Waals surface area contributed by atoms with E-state index in [1.54, 1.807) is 31.3 Å². The van der Waals surface area contributed by atoms with Crippen LogP contribution in [-0.4, -0.2) is 36.6 Å². The third-order valence-electron chi connectivity index (χ3n) is 6.28. The molecule has 1 aliphatic rings. The van der Waals surface area contributed by atoms with Crippen molar-refractivity contribution in [1.29, 1.82) is 0 Å². The molecule has 7 heteroatoms. The molecule has 0 radical (unpaired) electrons. The average molecular weight is 444 g/mol. The van der Waals surface area contributed by atoms with Gasteiger partial charge in [0.05, 0.1) is 32.0 Å². The Morgan fingerprint density at radius 2 is 1.85 bits per heavy atom. The Balaban J connectivity index is 1.75. The van der Waals surface area contributed by atoms with Gasteiger partial charge in [0, 0.05) is 12.1 Å².